The first-order chi connectivity index (χ1) is 9.48. The van der Waals surface area contributed by atoms with E-state index in [1.165, 1.54) is 16.7 Å². The van der Waals surface area contributed by atoms with Crippen LogP contribution in [0.2, 0.25) is 0 Å². The van der Waals surface area contributed by atoms with Gasteiger partial charge in [0, 0.05) is 11.8 Å². The molecule has 2 aromatic heterocycles. The molecule has 102 valence electrons. The van der Waals surface area contributed by atoms with Crippen LogP contribution in [-0.2, 0) is 5.92 Å². The summed E-state index contributed by atoms with van der Waals surface area (Å²) in [6.45, 7) is 0. The van der Waals surface area contributed by atoms with Crippen LogP contribution >= 0.6 is 0 Å². The zero-order chi connectivity index (χ0) is 14.3. The average Bonchev–Trinajstić information content (AvgIpc) is 2.88. The number of aromatic nitrogens is 3. The lowest BCUT2D eigenvalue weighted by atomic mass is 10.1. The quantitative estimate of drug-likeness (QED) is 0.784. The molecule has 4 nitrogen and oxygen atoms in total. The van der Waals surface area contributed by atoms with Gasteiger partial charge in [-0.15, -0.1) is 0 Å². The van der Waals surface area contributed by atoms with Crippen molar-refractivity contribution < 1.29 is 18.3 Å². The number of rotatable bonds is 2. The fourth-order valence-electron chi connectivity index (χ4n) is 1.84. The summed E-state index contributed by atoms with van der Waals surface area (Å²) < 4.78 is 42.5. The average molecular weight is 279 g/mol. The highest BCUT2D eigenvalue weighted by atomic mass is 19.3. The van der Waals surface area contributed by atoms with Crippen molar-refractivity contribution >= 4 is 5.65 Å². The molecule has 1 N–H and O–H groups in total. The largest absolute Gasteiger partial charge is 0.480 e. The van der Waals surface area contributed by atoms with Gasteiger partial charge in [-0.05, 0) is 36.4 Å². The Labute approximate surface area is 111 Å². The second kappa shape index (κ2) is 4.22. The van der Waals surface area contributed by atoms with Crippen molar-refractivity contribution in [2.45, 2.75) is 5.92 Å². The maximum absolute atomic E-state index is 14.3. The highest BCUT2D eigenvalue weighted by Gasteiger charge is 2.38. The lowest BCUT2D eigenvalue weighted by Gasteiger charge is -2.15. The van der Waals surface area contributed by atoms with Crippen LogP contribution in [0.15, 0.2) is 42.6 Å². The van der Waals surface area contributed by atoms with Crippen LogP contribution in [0.3, 0.4) is 0 Å². The topological polar surface area (TPSA) is 50.4 Å². The Balaban J connectivity index is 2.14. The maximum Gasteiger partial charge on any atom is 0.332 e. The number of nitrogens with zero attached hydrogens (tertiary/aromatic N) is 3. The Morgan fingerprint density at radius 1 is 1.05 bits per heavy atom. The molecule has 2 heterocycles. The number of hydrogen-bond donors (Lipinski definition) is 1. The van der Waals surface area contributed by atoms with Gasteiger partial charge in [0.05, 0.1) is 0 Å². The van der Waals surface area contributed by atoms with Gasteiger partial charge in [-0.1, -0.05) is 0 Å². The SMILES string of the molecule is Oc1nc(C(F)(F)c2ccc(F)cc2)nc2cccn12. The lowest BCUT2D eigenvalue weighted by molar-refractivity contribution is 0.0320. The minimum atomic E-state index is -3.53. The Morgan fingerprint density at radius 2 is 1.75 bits per heavy atom. The van der Waals surface area contributed by atoms with Crippen LogP contribution in [0.1, 0.15) is 11.4 Å². The fraction of sp³-hybridized carbons (Fsp3) is 0.0769. The molecule has 0 fully saturated rings. The molecule has 0 aliphatic heterocycles. The summed E-state index contributed by atoms with van der Waals surface area (Å²) in [5.41, 5.74) is -0.302. The molecule has 3 aromatic rings. The number of aromatic hydroxyl groups is 1. The second-order valence-corrected chi connectivity index (χ2v) is 4.16. The molecular weight excluding hydrogens is 271 g/mol. The van der Waals surface area contributed by atoms with Gasteiger partial charge in [0.25, 0.3) is 0 Å². The molecule has 0 amide bonds. The summed E-state index contributed by atoms with van der Waals surface area (Å²) in [4.78, 5) is 7.12. The van der Waals surface area contributed by atoms with Crippen LogP contribution in [0, 0.1) is 5.82 Å². The van der Waals surface area contributed by atoms with Crippen molar-refractivity contribution in [2.75, 3.05) is 0 Å². The predicted molar refractivity (Wildman–Crippen MR) is 64.0 cm³/mol. The zero-order valence-corrected chi connectivity index (χ0v) is 9.96. The van der Waals surface area contributed by atoms with E-state index in [1.54, 1.807) is 6.07 Å². The first-order valence-corrected chi connectivity index (χ1v) is 5.67. The summed E-state index contributed by atoms with van der Waals surface area (Å²) in [6, 6.07) is 6.19. The molecule has 0 spiro atoms. The Bertz CT molecular complexity index is 768. The van der Waals surface area contributed by atoms with Gasteiger partial charge in [0.2, 0.25) is 5.82 Å². The fourth-order valence-corrected chi connectivity index (χ4v) is 1.84. The van der Waals surface area contributed by atoms with Crippen molar-refractivity contribution in [1.29, 1.82) is 0 Å². The first kappa shape index (κ1) is 12.5. The minimum Gasteiger partial charge on any atom is -0.480 e. The first-order valence-electron chi connectivity index (χ1n) is 5.67. The van der Waals surface area contributed by atoms with Crippen LogP contribution < -0.4 is 0 Å². The van der Waals surface area contributed by atoms with Crippen molar-refractivity contribution in [2.24, 2.45) is 0 Å². The van der Waals surface area contributed by atoms with Crippen LogP contribution in [0.4, 0.5) is 13.2 Å². The molecule has 0 radical (unpaired) electrons. The third-order valence-corrected chi connectivity index (χ3v) is 2.86. The van der Waals surface area contributed by atoms with Crippen LogP contribution in [-0.4, -0.2) is 19.5 Å². The second-order valence-electron chi connectivity index (χ2n) is 4.16. The van der Waals surface area contributed by atoms with E-state index in [4.69, 9.17) is 0 Å². The van der Waals surface area contributed by atoms with E-state index in [2.05, 4.69) is 9.97 Å². The molecule has 0 unspecified atom stereocenters. The van der Waals surface area contributed by atoms with Crippen molar-refractivity contribution in [1.82, 2.24) is 14.4 Å². The van der Waals surface area contributed by atoms with Gasteiger partial charge in [0.15, 0.2) is 0 Å². The van der Waals surface area contributed by atoms with Gasteiger partial charge in [0.1, 0.15) is 11.5 Å². The van der Waals surface area contributed by atoms with E-state index in [9.17, 15) is 18.3 Å². The van der Waals surface area contributed by atoms with Gasteiger partial charge in [-0.2, -0.15) is 13.8 Å². The van der Waals surface area contributed by atoms with Crippen LogP contribution in [0.5, 0.6) is 6.01 Å². The summed E-state index contributed by atoms with van der Waals surface area (Å²) in [7, 11) is 0. The van der Waals surface area contributed by atoms with Gasteiger partial charge < -0.3 is 5.11 Å². The van der Waals surface area contributed by atoms with E-state index in [-0.39, 0.29) is 5.65 Å². The molecule has 0 aliphatic carbocycles. The summed E-state index contributed by atoms with van der Waals surface area (Å²) in [5.74, 6) is -4.99. The van der Waals surface area contributed by atoms with Crippen molar-refractivity contribution in [3.63, 3.8) is 0 Å². The lowest BCUT2D eigenvalue weighted by Crippen LogP contribution is -2.20. The Morgan fingerprint density at radius 3 is 2.45 bits per heavy atom. The van der Waals surface area contributed by atoms with Crippen molar-refractivity contribution in [3.8, 4) is 6.01 Å². The molecule has 7 heteroatoms. The predicted octanol–water partition coefficient (Wildman–Crippen LogP) is 2.71. The minimum absolute atomic E-state index is 0.147. The van der Waals surface area contributed by atoms with Gasteiger partial charge in [-0.25, -0.2) is 9.37 Å². The molecule has 0 bridgehead atoms. The highest BCUT2D eigenvalue weighted by molar-refractivity contribution is 5.42. The summed E-state index contributed by atoms with van der Waals surface area (Å²) in [6.07, 6.45) is 1.45. The summed E-state index contributed by atoms with van der Waals surface area (Å²) in [5, 5.41) is 9.61. The van der Waals surface area contributed by atoms with E-state index >= 15 is 0 Å². The molecule has 1 aromatic carbocycles. The maximum atomic E-state index is 14.3. The smallest absolute Gasteiger partial charge is 0.332 e. The highest BCUT2D eigenvalue weighted by Crippen LogP contribution is 2.34. The molecule has 3 rings (SSSR count). The van der Waals surface area contributed by atoms with E-state index < -0.39 is 29.1 Å². The van der Waals surface area contributed by atoms with Gasteiger partial charge >= 0.3 is 11.9 Å². The van der Waals surface area contributed by atoms with Crippen molar-refractivity contribution in [3.05, 3.63) is 59.8 Å². The normalized spacial score (nSPS) is 11.9. The van der Waals surface area contributed by atoms with E-state index in [0.717, 1.165) is 24.3 Å². The Hall–Kier alpha value is -2.57. The standard InChI is InChI=1S/C13H8F3N3O/c14-9-5-3-8(4-6-9)13(15,16)11-17-10-2-1-7-19(10)12(20)18-11/h1-7H,(H,17,18,20). The van der Waals surface area contributed by atoms with E-state index in [0.29, 0.717) is 0 Å². The third kappa shape index (κ3) is 1.87. The van der Waals surface area contributed by atoms with E-state index in [1.807, 2.05) is 0 Å². The molecule has 0 saturated carbocycles. The molecule has 0 saturated heterocycles. The molecule has 0 atom stereocenters. The summed E-state index contributed by atoms with van der Waals surface area (Å²) >= 11 is 0. The number of hydrogen-bond acceptors (Lipinski definition) is 3. The van der Waals surface area contributed by atoms with Gasteiger partial charge in [-0.3, -0.25) is 4.40 Å². The molecule has 0 aliphatic rings. The number of fused-ring (bicyclic) bond motifs is 1. The third-order valence-electron chi connectivity index (χ3n) is 2.86. The number of benzene rings is 1. The number of alkyl halides is 2. The molecular formula is C13H8F3N3O. The monoisotopic (exact) mass is 279 g/mol. The Kier molecular flexibility index (Phi) is 2.63. The van der Waals surface area contributed by atoms with Crippen LogP contribution in [0.25, 0.3) is 5.65 Å². The number of halogens is 3. The zero-order valence-electron chi connectivity index (χ0n) is 9.96. The molecule has 20 heavy (non-hydrogen) atoms.